The second kappa shape index (κ2) is 6.44. The van der Waals surface area contributed by atoms with Crippen molar-refractivity contribution in [3.8, 4) is 5.75 Å². The number of benzene rings is 1. The molecule has 0 amide bonds. The standard InChI is InChI=1S/C18H23BrN2O2/c19-16-9-13-11-21(14-3-1-12(2-4-14)7-8-22)20-17(13)10-18(16)23-15-5-6-15/h9-12,14-15,22H,1-8H2. The van der Waals surface area contributed by atoms with Gasteiger partial charge in [0.2, 0.25) is 0 Å². The summed E-state index contributed by atoms with van der Waals surface area (Å²) >= 11 is 3.62. The van der Waals surface area contributed by atoms with Crippen LogP contribution in [0.4, 0.5) is 0 Å². The van der Waals surface area contributed by atoms with Crippen LogP contribution in [-0.2, 0) is 0 Å². The zero-order chi connectivity index (χ0) is 15.8. The predicted molar refractivity (Wildman–Crippen MR) is 93.8 cm³/mol. The van der Waals surface area contributed by atoms with Crippen LogP contribution in [0.1, 0.15) is 51.0 Å². The average molecular weight is 379 g/mol. The molecule has 2 aliphatic rings. The lowest BCUT2D eigenvalue weighted by Crippen LogP contribution is -2.19. The summed E-state index contributed by atoms with van der Waals surface area (Å²) in [6, 6.07) is 4.67. The maximum absolute atomic E-state index is 9.08. The lowest BCUT2D eigenvalue weighted by atomic mass is 9.84. The minimum atomic E-state index is 0.318. The largest absolute Gasteiger partial charge is 0.489 e. The molecule has 0 bridgehead atoms. The number of halogens is 1. The molecule has 23 heavy (non-hydrogen) atoms. The summed E-state index contributed by atoms with van der Waals surface area (Å²) in [5, 5.41) is 15.0. The van der Waals surface area contributed by atoms with E-state index in [0.29, 0.717) is 24.7 Å². The average Bonchev–Trinajstić information content (AvgIpc) is 3.27. The number of nitrogens with zero attached hydrogens (tertiary/aromatic N) is 2. The Morgan fingerprint density at radius 2 is 1.96 bits per heavy atom. The summed E-state index contributed by atoms with van der Waals surface area (Å²) in [6.45, 7) is 0.318. The van der Waals surface area contributed by atoms with Crippen LogP contribution in [0.5, 0.6) is 5.75 Å². The Labute approximate surface area is 144 Å². The molecule has 0 aliphatic heterocycles. The topological polar surface area (TPSA) is 47.3 Å². The van der Waals surface area contributed by atoms with Crippen molar-refractivity contribution in [2.75, 3.05) is 6.61 Å². The van der Waals surface area contributed by atoms with Crippen LogP contribution in [0.15, 0.2) is 22.8 Å². The van der Waals surface area contributed by atoms with Gasteiger partial charge in [-0.2, -0.15) is 5.10 Å². The third-order valence-electron chi connectivity index (χ3n) is 5.12. The number of fused-ring (bicyclic) bond motifs is 1. The van der Waals surface area contributed by atoms with Crippen LogP contribution in [0.3, 0.4) is 0 Å². The first-order chi connectivity index (χ1) is 11.2. The number of ether oxygens (including phenoxy) is 1. The van der Waals surface area contributed by atoms with Gasteiger partial charge in [-0.3, -0.25) is 4.68 Å². The van der Waals surface area contributed by atoms with Gasteiger partial charge in [-0.15, -0.1) is 0 Å². The minimum Gasteiger partial charge on any atom is -0.489 e. The first-order valence-corrected chi connectivity index (χ1v) is 9.48. The molecule has 1 heterocycles. The monoisotopic (exact) mass is 378 g/mol. The van der Waals surface area contributed by atoms with E-state index in [4.69, 9.17) is 14.9 Å². The first kappa shape index (κ1) is 15.5. The Kier molecular flexibility index (Phi) is 4.33. The molecule has 0 saturated heterocycles. The molecule has 1 aromatic carbocycles. The quantitative estimate of drug-likeness (QED) is 0.835. The molecule has 4 rings (SSSR count). The van der Waals surface area contributed by atoms with Crippen molar-refractivity contribution in [2.24, 2.45) is 5.92 Å². The molecule has 0 radical (unpaired) electrons. The molecule has 2 fully saturated rings. The molecule has 5 heteroatoms. The fourth-order valence-electron chi connectivity index (χ4n) is 3.57. The SMILES string of the molecule is OCCC1CCC(n2cc3cc(Br)c(OC4CC4)cc3n2)CC1. The van der Waals surface area contributed by atoms with Crippen LogP contribution in [-0.4, -0.2) is 27.6 Å². The molecular weight excluding hydrogens is 356 g/mol. The number of rotatable bonds is 5. The van der Waals surface area contributed by atoms with E-state index in [0.717, 1.165) is 53.2 Å². The highest BCUT2D eigenvalue weighted by Gasteiger charge is 2.25. The molecule has 2 aromatic rings. The normalized spacial score (nSPS) is 25.0. The lowest BCUT2D eigenvalue weighted by Gasteiger charge is -2.28. The maximum Gasteiger partial charge on any atom is 0.136 e. The Morgan fingerprint density at radius 3 is 2.65 bits per heavy atom. The summed E-state index contributed by atoms with van der Waals surface area (Å²) in [7, 11) is 0. The molecular formula is C18H23BrN2O2. The molecule has 2 saturated carbocycles. The zero-order valence-electron chi connectivity index (χ0n) is 13.2. The summed E-state index contributed by atoms with van der Waals surface area (Å²) in [4.78, 5) is 0. The molecule has 0 atom stereocenters. The van der Waals surface area contributed by atoms with E-state index >= 15 is 0 Å². The summed E-state index contributed by atoms with van der Waals surface area (Å²) < 4.78 is 9.10. The van der Waals surface area contributed by atoms with Crippen molar-refractivity contribution in [1.82, 2.24) is 9.78 Å². The highest BCUT2D eigenvalue weighted by Crippen LogP contribution is 2.37. The van der Waals surface area contributed by atoms with Crippen molar-refractivity contribution in [3.63, 3.8) is 0 Å². The lowest BCUT2D eigenvalue weighted by molar-refractivity contribution is 0.202. The summed E-state index contributed by atoms with van der Waals surface area (Å²) in [5.74, 6) is 1.60. The molecule has 124 valence electrons. The fraction of sp³-hybridized carbons (Fsp3) is 0.611. The highest BCUT2D eigenvalue weighted by atomic mass is 79.9. The maximum atomic E-state index is 9.08. The predicted octanol–water partition coefficient (Wildman–Crippen LogP) is 4.45. The van der Waals surface area contributed by atoms with E-state index in [9.17, 15) is 0 Å². The van der Waals surface area contributed by atoms with Gasteiger partial charge < -0.3 is 9.84 Å². The van der Waals surface area contributed by atoms with Crippen LogP contribution < -0.4 is 4.74 Å². The first-order valence-electron chi connectivity index (χ1n) is 8.69. The van der Waals surface area contributed by atoms with Crippen molar-refractivity contribution < 1.29 is 9.84 Å². The number of hydrogen-bond acceptors (Lipinski definition) is 3. The van der Waals surface area contributed by atoms with Gasteiger partial charge in [-0.25, -0.2) is 0 Å². The molecule has 2 aliphatic carbocycles. The smallest absolute Gasteiger partial charge is 0.136 e. The van der Waals surface area contributed by atoms with Crippen molar-refractivity contribution in [1.29, 1.82) is 0 Å². The van der Waals surface area contributed by atoms with Gasteiger partial charge >= 0.3 is 0 Å². The third kappa shape index (κ3) is 3.41. The second-order valence-electron chi connectivity index (χ2n) is 6.95. The van der Waals surface area contributed by atoms with Crippen LogP contribution in [0.2, 0.25) is 0 Å². The summed E-state index contributed by atoms with van der Waals surface area (Å²) in [6.07, 6.45) is 10.5. The minimum absolute atomic E-state index is 0.318. The number of hydrogen-bond donors (Lipinski definition) is 1. The zero-order valence-corrected chi connectivity index (χ0v) is 14.8. The van der Waals surface area contributed by atoms with E-state index in [-0.39, 0.29) is 0 Å². The van der Waals surface area contributed by atoms with E-state index in [1.165, 1.54) is 12.8 Å². The highest BCUT2D eigenvalue weighted by molar-refractivity contribution is 9.10. The molecule has 4 nitrogen and oxygen atoms in total. The van der Waals surface area contributed by atoms with E-state index in [2.05, 4.69) is 38.9 Å². The van der Waals surface area contributed by atoms with Gasteiger partial charge in [0, 0.05) is 24.3 Å². The third-order valence-corrected chi connectivity index (χ3v) is 5.74. The van der Waals surface area contributed by atoms with E-state index in [1.807, 2.05) is 0 Å². The van der Waals surface area contributed by atoms with Gasteiger partial charge in [-0.05, 0) is 72.9 Å². The number of aliphatic hydroxyl groups is 1. The van der Waals surface area contributed by atoms with Crippen LogP contribution in [0.25, 0.3) is 10.9 Å². The number of aromatic nitrogens is 2. The van der Waals surface area contributed by atoms with E-state index in [1.54, 1.807) is 0 Å². The van der Waals surface area contributed by atoms with Gasteiger partial charge in [0.25, 0.3) is 0 Å². The van der Waals surface area contributed by atoms with Crippen molar-refractivity contribution in [2.45, 2.75) is 57.1 Å². The molecule has 0 unspecified atom stereocenters. The summed E-state index contributed by atoms with van der Waals surface area (Å²) in [5.41, 5.74) is 1.02. The Balaban J connectivity index is 1.52. The van der Waals surface area contributed by atoms with Gasteiger partial charge in [0.15, 0.2) is 0 Å². The fourth-order valence-corrected chi connectivity index (χ4v) is 4.02. The van der Waals surface area contributed by atoms with E-state index < -0.39 is 0 Å². The Hall–Kier alpha value is -1.07. The Bertz CT molecular complexity index is 688. The van der Waals surface area contributed by atoms with Gasteiger partial charge in [0.1, 0.15) is 5.75 Å². The second-order valence-corrected chi connectivity index (χ2v) is 7.81. The van der Waals surface area contributed by atoms with Gasteiger partial charge in [-0.1, -0.05) is 0 Å². The van der Waals surface area contributed by atoms with Crippen molar-refractivity contribution in [3.05, 3.63) is 22.8 Å². The van der Waals surface area contributed by atoms with Crippen LogP contribution >= 0.6 is 15.9 Å². The molecule has 0 spiro atoms. The van der Waals surface area contributed by atoms with Crippen molar-refractivity contribution >= 4 is 26.8 Å². The van der Waals surface area contributed by atoms with Crippen LogP contribution in [0, 0.1) is 5.92 Å². The number of aliphatic hydroxyl groups excluding tert-OH is 1. The molecule has 1 N–H and O–H groups in total. The van der Waals surface area contributed by atoms with Gasteiger partial charge in [0.05, 0.1) is 22.1 Å². The molecule has 1 aromatic heterocycles. The Morgan fingerprint density at radius 1 is 1.17 bits per heavy atom.